The maximum absolute atomic E-state index is 11.2. The molecule has 1 aliphatic rings. The van der Waals surface area contributed by atoms with Crippen molar-refractivity contribution in [3.8, 4) is 0 Å². The molecule has 0 saturated heterocycles. The van der Waals surface area contributed by atoms with E-state index in [0.717, 1.165) is 31.3 Å². The van der Waals surface area contributed by atoms with Crippen LogP contribution in [0.15, 0.2) is 23.8 Å². The highest BCUT2D eigenvalue weighted by molar-refractivity contribution is 5.82. The van der Waals surface area contributed by atoms with E-state index in [9.17, 15) is 14.4 Å². The van der Waals surface area contributed by atoms with Gasteiger partial charge in [-0.3, -0.25) is 14.4 Å². The molecule has 0 spiro atoms. The molecule has 0 heterocycles. The lowest BCUT2D eigenvalue weighted by molar-refractivity contribution is -0.124. The summed E-state index contributed by atoms with van der Waals surface area (Å²) in [5, 5.41) is 2.74. The number of hydrogen-bond donors (Lipinski definition) is 3. The van der Waals surface area contributed by atoms with E-state index >= 15 is 0 Å². The van der Waals surface area contributed by atoms with Gasteiger partial charge < -0.3 is 16.8 Å². The molecule has 0 bridgehead atoms. The molecule has 0 unspecified atom stereocenters. The highest BCUT2D eigenvalue weighted by Gasteiger charge is 2.04. The first-order chi connectivity index (χ1) is 12.0. The average Bonchev–Trinajstić information content (AvgIpc) is 2.59. The Hall–Kier alpha value is -2.11. The predicted octanol–water partition coefficient (Wildman–Crippen LogP) is 2.48. The first-order valence-corrected chi connectivity index (χ1v) is 9.14. The number of amides is 3. The molecule has 5 N–H and O–H groups in total. The number of unbranched alkanes of at least 4 members (excludes halogenated alkanes) is 4. The number of allylic oxidation sites excluding steroid dienone is 2. The molecule has 6 nitrogen and oxygen atoms in total. The number of carbonyl (C=O) groups is 3. The van der Waals surface area contributed by atoms with Gasteiger partial charge in [0.15, 0.2) is 0 Å². The molecule has 0 radical (unpaired) electrons. The van der Waals surface area contributed by atoms with Crippen LogP contribution in [0.3, 0.4) is 0 Å². The Morgan fingerprint density at radius 2 is 1.64 bits per heavy atom. The molecule has 1 rings (SSSR count). The van der Waals surface area contributed by atoms with Crippen LogP contribution < -0.4 is 16.8 Å². The van der Waals surface area contributed by atoms with Crippen LogP contribution in [0, 0.1) is 0 Å². The van der Waals surface area contributed by atoms with Crippen molar-refractivity contribution in [2.75, 3.05) is 6.54 Å². The number of nitrogens with two attached hydrogens (primary N) is 2. The van der Waals surface area contributed by atoms with Crippen LogP contribution in [-0.2, 0) is 14.4 Å². The normalized spacial score (nSPS) is 12.6. The van der Waals surface area contributed by atoms with Crippen molar-refractivity contribution in [3.05, 3.63) is 23.8 Å². The van der Waals surface area contributed by atoms with Gasteiger partial charge in [0.1, 0.15) is 0 Å². The molecular weight excluding hydrogens is 318 g/mol. The van der Waals surface area contributed by atoms with Crippen molar-refractivity contribution in [2.24, 2.45) is 11.5 Å². The van der Waals surface area contributed by atoms with E-state index in [1.807, 2.05) is 6.08 Å². The zero-order chi connectivity index (χ0) is 18.9. The van der Waals surface area contributed by atoms with Gasteiger partial charge in [0.25, 0.3) is 0 Å². The summed E-state index contributed by atoms with van der Waals surface area (Å²) in [6, 6.07) is 0. The average molecular weight is 351 g/mol. The van der Waals surface area contributed by atoms with Gasteiger partial charge in [-0.2, -0.15) is 0 Å². The lowest BCUT2D eigenvalue weighted by Gasteiger charge is -2.08. The summed E-state index contributed by atoms with van der Waals surface area (Å²) in [7, 11) is 0. The highest BCUT2D eigenvalue weighted by atomic mass is 16.2. The van der Waals surface area contributed by atoms with Crippen molar-refractivity contribution in [3.63, 3.8) is 0 Å². The standard InChI is InChI=1S/C11H16N2O2.C8H17NO/c12-10(14)6-7-11(15)13-8-9-4-2-1-3-5-9;1-2-3-4-5-6-7-8(9)10/h2,4-5H,1,3,6-8H2,(H2,12,14)(H,13,15);2-7H2,1H3,(H2,9,10). The van der Waals surface area contributed by atoms with E-state index in [-0.39, 0.29) is 24.7 Å². The van der Waals surface area contributed by atoms with E-state index in [1.54, 1.807) is 0 Å². The van der Waals surface area contributed by atoms with Gasteiger partial charge in [-0.15, -0.1) is 0 Å². The van der Waals surface area contributed by atoms with E-state index in [4.69, 9.17) is 11.5 Å². The fraction of sp³-hybridized carbons (Fsp3) is 0.632. The van der Waals surface area contributed by atoms with Gasteiger partial charge in [-0.1, -0.05) is 50.8 Å². The minimum absolute atomic E-state index is 0.112. The minimum atomic E-state index is -0.443. The molecule has 0 aromatic rings. The maximum atomic E-state index is 11.2. The van der Waals surface area contributed by atoms with Gasteiger partial charge >= 0.3 is 0 Å². The second kappa shape index (κ2) is 15.4. The minimum Gasteiger partial charge on any atom is -0.370 e. The molecule has 1 aliphatic carbocycles. The largest absolute Gasteiger partial charge is 0.370 e. The summed E-state index contributed by atoms with van der Waals surface area (Å²) in [4.78, 5) is 31.9. The van der Waals surface area contributed by atoms with E-state index in [0.29, 0.717) is 13.0 Å². The van der Waals surface area contributed by atoms with E-state index in [2.05, 4.69) is 24.4 Å². The van der Waals surface area contributed by atoms with E-state index < -0.39 is 5.91 Å². The van der Waals surface area contributed by atoms with Crippen molar-refractivity contribution in [2.45, 2.75) is 71.1 Å². The van der Waals surface area contributed by atoms with Crippen LogP contribution in [0.25, 0.3) is 0 Å². The number of primary amides is 2. The van der Waals surface area contributed by atoms with Gasteiger partial charge in [0, 0.05) is 25.8 Å². The van der Waals surface area contributed by atoms with Crippen molar-refractivity contribution in [1.82, 2.24) is 5.32 Å². The van der Waals surface area contributed by atoms with Crippen LogP contribution in [0.5, 0.6) is 0 Å². The Kier molecular flexibility index (Phi) is 14.1. The zero-order valence-electron chi connectivity index (χ0n) is 15.4. The first-order valence-electron chi connectivity index (χ1n) is 9.14. The van der Waals surface area contributed by atoms with Crippen LogP contribution in [0.1, 0.15) is 71.1 Å². The number of hydrogen-bond acceptors (Lipinski definition) is 3. The SMILES string of the molecule is CCCCCCCC(N)=O.NC(=O)CCC(=O)NCC1=CCCC=C1. The fourth-order valence-corrected chi connectivity index (χ4v) is 2.23. The third kappa shape index (κ3) is 16.5. The van der Waals surface area contributed by atoms with Crippen LogP contribution in [0.2, 0.25) is 0 Å². The fourth-order valence-electron chi connectivity index (χ4n) is 2.23. The van der Waals surface area contributed by atoms with Gasteiger partial charge in [-0.25, -0.2) is 0 Å². The Morgan fingerprint density at radius 1 is 0.960 bits per heavy atom. The predicted molar refractivity (Wildman–Crippen MR) is 100 cm³/mol. The van der Waals surface area contributed by atoms with Crippen LogP contribution in [-0.4, -0.2) is 24.3 Å². The molecule has 142 valence electrons. The zero-order valence-corrected chi connectivity index (χ0v) is 15.4. The molecule has 25 heavy (non-hydrogen) atoms. The molecule has 0 saturated carbocycles. The summed E-state index contributed by atoms with van der Waals surface area (Å²) in [5.74, 6) is -0.743. The monoisotopic (exact) mass is 351 g/mol. The lowest BCUT2D eigenvalue weighted by Crippen LogP contribution is -2.26. The topological polar surface area (TPSA) is 115 Å². The first kappa shape index (κ1) is 22.9. The number of nitrogens with one attached hydrogen (secondary N) is 1. The Balaban J connectivity index is 0.000000504. The Labute approximate surface area is 151 Å². The molecule has 0 aromatic carbocycles. The molecule has 0 atom stereocenters. The second-order valence-corrected chi connectivity index (χ2v) is 6.13. The molecule has 0 fully saturated rings. The third-order valence-electron chi connectivity index (χ3n) is 3.69. The smallest absolute Gasteiger partial charge is 0.220 e. The molecule has 3 amide bonds. The quantitative estimate of drug-likeness (QED) is 0.497. The van der Waals surface area contributed by atoms with E-state index in [1.165, 1.54) is 19.3 Å². The molecular formula is C19H33N3O3. The second-order valence-electron chi connectivity index (χ2n) is 6.13. The Morgan fingerprint density at radius 3 is 2.20 bits per heavy atom. The third-order valence-corrected chi connectivity index (χ3v) is 3.69. The number of carbonyl (C=O) groups excluding carboxylic acids is 3. The number of rotatable bonds is 11. The highest BCUT2D eigenvalue weighted by Crippen LogP contribution is 2.08. The summed E-state index contributed by atoms with van der Waals surface area (Å²) < 4.78 is 0. The summed E-state index contributed by atoms with van der Waals surface area (Å²) in [6.07, 6.45) is 15.0. The maximum Gasteiger partial charge on any atom is 0.220 e. The molecule has 0 aliphatic heterocycles. The Bertz CT molecular complexity index is 471. The molecule has 0 aromatic heterocycles. The molecule has 6 heteroatoms. The van der Waals surface area contributed by atoms with Gasteiger partial charge in [-0.05, 0) is 24.8 Å². The van der Waals surface area contributed by atoms with Gasteiger partial charge in [0.2, 0.25) is 17.7 Å². The van der Waals surface area contributed by atoms with Crippen molar-refractivity contribution in [1.29, 1.82) is 0 Å². The lowest BCUT2D eigenvalue weighted by atomic mass is 10.1. The van der Waals surface area contributed by atoms with Crippen LogP contribution in [0.4, 0.5) is 0 Å². The van der Waals surface area contributed by atoms with Crippen molar-refractivity contribution >= 4 is 17.7 Å². The summed E-state index contributed by atoms with van der Waals surface area (Å²) in [6.45, 7) is 2.71. The summed E-state index contributed by atoms with van der Waals surface area (Å²) >= 11 is 0. The van der Waals surface area contributed by atoms with Crippen molar-refractivity contribution < 1.29 is 14.4 Å². The van der Waals surface area contributed by atoms with Gasteiger partial charge in [0.05, 0.1) is 0 Å². The van der Waals surface area contributed by atoms with Crippen LogP contribution >= 0.6 is 0 Å². The summed E-state index contributed by atoms with van der Waals surface area (Å²) in [5.41, 5.74) is 11.0.